The fourth-order valence-corrected chi connectivity index (χ4v) is 3.57. The molecule has 3 rings (SSSR count). The average molecular weight is 449 g/mol. The molecular formula is C23H19N3O5S. The van der Waals surface area contributed by atoms with Crippen LogP contribution in [0.5, 0.6) is 5.75 Å². The van der Waals surface area contributed by atoms with E-state index in [4.69, 9.17) is 14.2 Å². The van der Waals surface area contributed by atoms with Gasteiger partial charge in [0.2, 0.25) is 0 Å². The molecule has 0 aliphatic rings. The highest BCUT2D eigenvalue weighted by molar-refractivity contribution is 7.11. The number of allylic oxidation sites excluding steroid dienone is 1. The monoisotopic (exact) mass is 449 g/mol. The number of anilines is 1. The topological polar surface area (TPSA) is 111 Å². The van der Waals surface area contributed by atoms with Gasteiger partial charge in [-0.15, -0.1) is 11.3 Å². The third-order valence-corrected chi connectivity index (χ3v) is 5.33. The van der Waals surface area contributed by atoms with Crippen LogP contribution in [0.25, 0.3) is 16.8 Å². The molecule has 0 fully saturated rings. The third kappa shape index (κ3) is 4.94. The molecule has 32 heavy (non-hydrogen) atoms. The number of nitriles is 1. The second-order valence-electron chi connectivity index (χ2n) is 6.32. The molecule has 8 nitrogen and oxygen atoms in total. The highest BCUT2D eigenvalue weighted by atomic mass is 32.1. The van der Waals surface area contributed by atoms with Crippen molar-refractivity contribution in [2.24, 2.45) is 0 Å². The molecular weight excluding hydrogens is 430 g/mol. The van der Waals surface area contributed by atoms with Gasteiger partial charge in [0.15, 0.2) is 0 Å². The molecule has 0 bridgehead atoms. The van der Waals surface area contributed by atoms with Crippen molar-refractivity contribution in [3.63, 3.8) is 0 Å². The van der Waals surface area contributed by atoms with Gasteiger partial charge in [0, 0.05) is 17.1 Å². The smallest absolute Gasteiger partial charge is 0.339 e. The summed E-state index contributed by atoms with van der Waals surface area (Å²) in [4.78, 5) is 28.5. The number of methoxy groups -OCH3 is 3. The van der Waals surface area contributed by atoms with E-state index in [1.807, 2.05) is 29.6 Å². The van der Waals surface area contributed by atoms with Crippen LogP contribution in [-0.4, -0.2) is 38.3 Å². The zero-order valence-corrected chi connectivity index (χ0v) is 18.4. The molecule has 0 spiro atoms. The summed E-state index contributed by atoms with van der Waals surface area (Å²) in [7, 11) is 4.12. The van der Waals surface area contributed by atoms with Crippen LogP contribution >= 0.6 is 11.3 Å². The first-order valence-corrected chi connectivity index (χ1v) is 10.2. The van der Waals surface area contributed by atoms with Gasteiger partial charge in [0.05, 0.1) is 43.8 Å². The van der Waals surface area contributed by atoms with Crippen molar-refractivity contribution in [1.29, 1.82) is 5.26 Å². The van der Waals surface area contributed by atoms with Gasteiger partial charge in [-0.3, -0.25) is 0 Å². The number of hydrogen-bond acceptors (Lipinski definition) is 9. The minimum atomic E-state index is -0.591. The number of benzene rings is 2. The Morgan fingerprint density at radius 2 is 1.78 bits per heavy atom. The summed E-state index contributed by atoms with van der Waals surface area (Å²) < 4.78 is 14.7. The van der Waals surface area contributed by atoms with Crippen LogP contribution in [0, 0.1) is 11.3 Å². The van der Waals surface area contributed by atoms with Crippen LogP contribution < -0.4 is 10.1 Å². The molecule has 1 aromatic heterocycles. The second-order valence-corrected chi connectivity index (χ2v) is 7.18. The van der Waals surface area contributed by atoms with Crippen LogP contribution in [0.1, 0.15) is 25.7 Å². The van der Waals surface area contributed by atoms with Crippen LogP contribution in [0.4, 0.5) is 5.69 Å². The first-order chi connectivity index (χ1) is 15.5. The first kappa shape index (κ1) is 22.5. The maximum absolute atomic E-state index is 12.1. The number of carbonyl (C=O) groups is 2. The van der Waals surface area contributed by atoms with E-state index >= 15 is 0 Å². The fraction of sp³-hybridized carbons (Fsp3) is 0.130. The molecule has 0 aliphatic carbocycles. The van der Waals surface area contributed by atoms with Gasteiger partial charge in [-0.2, -0.15) is 5.26 Å². The van der Waals surface area contributed by atoms with Gasteiger partial charge in [-0.1, -0.05) is 0 Å². The van der Waals surface area contributed by atoms with Crippen LogP contribution in [0.3, 0.4) is 0 Å². The van der Waals surface area contributed by atoms with E-state index in [0.29, 0.717) is 10.7 Å². The molecule has 0 saturated carbocycles. The van der Waals surface area contributed by atoms with E-state index in [1.165, 1.54) is 50.0 Å². The summed E-state index contributed by atoms with van der Waals surface area (Å²) in [6, 6.07) is 13.9. The molecule has 0 amide bonds. The van der Waals surface area contributed by atoms with Crippen LogP contribution in [0.15, 0.2) is 54.0 Å². The molecule has 1 N–H and O–H groups in total. The maximum Gasteiger partial charge on any atom is 0.339 e. The fourth-order valence-electron chi connectivity index (χ4n) is 2.78. The Morgan fingerprint density at radius 3 is 2.41 bits per heavy atom. The molecule has 0 unspecified atom stereocenters. The summed E-state index contributed by atoms with van der Waals surface area (Å²) in [5, 5.41) is 14.9. The molecule has 0 aliphatic heterocycles. The van der Waals surface area contributed by atoms with E-state index in [9.17, 15) is 14.9 Å². The number of thiazole rings is 1. The van der Waals surface area contributed by atoms with E-state index in [2.05, 4.69) is 16.4 Å². The van der Waals surface area contributed by atoms with Gasteiger partial charge < -0.3 is 19.5 Å². The molecule has 0 saturated heterocycles. The number of carbonyl (C=O) groups excluding carboxylic acids is 2. The lowest BCUT2D eigenvalue weighted by Gasteiger charge is -2.10. The van der Waals surface area contributed by atoms with Crippen molar-refractivity contribution in [3.8, 4) is 23.1 Å². The standard InChI is InChI=1S/C23H19N3O5S/c1-29-17-7-4-14(5-8-17)20-13-32-21(26-20)16(11-24)12-25-19-10-15(22(27)30-2)6-9-18(19)23(28)31-3/h4-10,12-13,25H,1-3H3. The zero-order valence-electron chi connectivity index (χ0n) is 17.5. The van der Waals surface area contributed by atoms with Gasteiger partial charge >= 0.3 is 11.9 Å². The lowest BCUT2D eigenvalue weighted by molar-refractivity contribution is 0.0587. The number of rotatable bonds is 7. The normalized spacial score (nSPS) is 10.8. The Bertz CT molecular complexity index is 1210. The Hall–Kier alpha value is -4.16. The molecule has 3 aromatic rings. The lowest BCUT2D eigenvalue weighted by atomic mass is 10.1. The minimum absolute atomic E-state index is 0.201. The van der Waals surface area contributed by atoms with Crippen LogP contribution in [0.2, 0.25) is 0 Å². The highest BCUT2D eigenvalue weighted by Gasteiger charge is 2.16. The minimum Gasteiger partial charge on any atom is -0.497 e. The molecule has 162 valence electrons. The van der Waals surface area contributed by atoms with E-state index in [-0.39, 0.29) is 16.7 Å². The number of esters is 2. The predicted molar refractivity (Wildman–Crippen MR) is 120 cm³/mol. The molecule has 0 radical (unpaired) electrons. The largest absolute Gasteiger partial charge is 0.497 e. The van der Waals surface area contributed by atoms with E-state index < -0.39 is 11.9 Å². The number of hydrogen-bond donors (Lipinski definition) is 1. The summed E-state index contributed by atoms with van der Waals surface area (Å²) in [5.41, 5.74) is 2.60. The number of ether oxygens (including phenoxy) is 3. The third-order valence-electron chi connectivity index (χ3n) is 4.46. The van der Waals surface area contributed by atoms with Gasteiger partial charge in [-0.05, 0) is 42.5 Å². The predicted octanol–water partition coefficient (Wildman–Crippen LogP) is 4.37. The van der Waals surface area contributed by atoms with Crippen molar-refractivity contribution in [2.45, 2.75) is 0 Å². The van der Waals surface area contributed by atoms with Crippen molar-refractivity contribution in [1.82, 2.24) is 4.98 Å². The summed E-state index contributed by atoms with van der Waals surface area (Å²) >= 11 is 1.31. The van der Waals surface area contributed by atoms with Crippen molar-refractivity contribution in [3.05, 3.63) is 70.2 Å². The van der Waals surface area contributed by atoms with Gasteiger partial charge in [-0.25, -0.2) is 14.6 Å². The van der Waals surface area contributed by atoms with Gasteiger partial charge in [0.1, 0.15) is 22.4 Å². The zero-order chi connectivity index (χ0) is 23.1. The SMILES string of the molecule is COC(=O)c1ccc(C(=O)OC)c(NC=C(C#N)c2nc(-c3ccc(OC)cc3)cs2)c1. The number of aromatic nitrogens is 1. The van der Waals surface area contributed by atoms with E-state index in [0.717, 1.165) is 17.0 Å². The van der Waals surface area contributed by atoms with Crippen molar-refractivity contribution >= 4 is 34.5 Å². The number of nitrogens with one attached hydrogen (secondary N) is 1. The number of nitrogens with zero attached hydrogens (tertiary/aromatic N) is 2. The van der Waals surface area contributed by atoms with Crippen LogP contribution in [-0.2, 0) is 9.47 Å². The van der Waals surface area contributed by atoms with Crippen molar-refractivity contribution in [2.75, 3.05) is 26.6 Å². The Kier molecular flexibility index (Phi) is 7.21. The molecule has 0 atom stereocenters. The molecule has 9 heteroatoms. The average Bonchev–Trinajstić information content (AvgIpc) is 3.33. The summed E-state index contributed by atoms with van der Waals surface area (Å²) in [5.74, 6) is -0.411. The van der Waals surface area contributed by atoms with E-state index in [1.54, 1.807) is 7.11 Å². The lowest BCUT2D eigenvalue weighted by Crippen LogP contribution is -2.08. The molecule has 2 aromatic carbocycles. The Labute approximate surface area is 188 Å². The Balaban J connectivity index is 1.90. The van der Waals surface area contributed by atoms with Crippen molar-refractivity contribution < 1.29 is 23.8 Å². The molecule has 1 heterocycles. The second kappa shape index (κ2) is 10.2. The Morgan fingerprint density at radius 1 is 1.06 bits per heavy atom. The highest BCUT2D eigenvalue weighted by Crippen LogP contribution is 2.28. The maximum atomic E-state index is 12.1. The summed E-state index contributed by atoms with van der Waals surface area (Å²) in [6.07, 6.45) is 1.43. The first-order valence-electron chi connectivity index (χ1n) is 9.28. The van der Waals surface area contributed by atoms with Gasteiger partial charge in [0.25, 0.3) is 0 Å². The summed E-state index contributed by atoms with van der Waals surface area (Å²) in [6.45, 7) is 0. The quantitative estimate of drug-likeness (QED) is 0.418.